The third-order valence-electron chi connectivity index (χ3n) is 2.76. The molecule has 0 radical (unpaired) electrons. The van der Waals surface area contributed by atoms with Crippen molar-refractivity contribution in [2.75, 3.05) is 6.54 Å². The highest BCUT2D eigenvalue weighted by molar-refractivity contribution is 7.15. The summed E-state index contributed by atoms with van der Waals surface area (Å²) in [5.74, 6) is -1.29. The van der Waals surface area contributed by atoms with Crippen LogP contribution in [-0.4, -0.2) is 27.6 Å². The van der Waals surface area contributed by atoms with E-state index in [9.17, 15) is 9.59 Å². The number of amides is 1. The molecule has 0 aliphatic carbocycles. The molecule has 0 aliphatic rings. The molecule has 0 spiro atoms. The highest BCUT2D eigenvalue weighted by Crippen LogP contribution is 2.11. The molecule has 0 saturated heterocycles. The van der Waals surface area contributed by atoms with Gasteiger partial charge in [-0.1, -0.05) is 0 Å². The molecule has 3 rings (SSSR count). The van der Waals surface area contributed by atoms with Crippen molar-refractivity contribution in [1.82, 2.24) is 14.7 Å². The van der Waals surface area contributed by atoms with E-state index in [0.29, 0.717) is 13.0 Å². The number of carbonyl (C=O) groups is 2. The van der Waals surface area contributed by atoms with Crippen LogP contribution in [0.3, 0.4) is 0 Å². The van der Waals surface area contributed by atoms with Gasteiger partial charge in [-0.25, -0.2) is 4.98 Å². The van der Waals surface area contributed by atoms with Gasteiger partial charge in [0.15, 0.2) is 10.7 Å². The number of nitrogens with one attached hydrogen (secondary N) is 1. The van der Waals surface area contributed by atoms with Crippen molar-refractivity contribution in [2.45, 2.75) is 6.42 Å². The fourth-order valence-corrected chi connectivity index (χ4v) is 2.52. The van der Waals surface area contributed by atoms with Crippen LogP contribution in [-0.2, 0) is 11.2 Å². The quantitative estimate of drug-likeness (QED) is 0.571. The number of furan rings is 1. The van der Waals surface area contributed by atoms with Crippen LogP contribution in [0.25, 0.3) is 4.96 Å². The second-order valence-corrected chi connectivity index (χ2v) is 5.01. The Kier molecular flexibility index (Phi) is 3.34. The van der Waals surface area contributed by atoms with Gasteiger partial charge in [0, 0.05) is 30.7 Å². The Morgan fingerprint density at radius 1 is 1.45 bits per heavy atom. The van der Waals surface area contributed by atoms with Gasteiger partial charge in [0.25, 0.3) is 11.7 Å². The molecule has 0 aliphatic heterocycles. The second kappa shape index (κ2) is 5.30. The minimum Gasteiger partial charge on any atom is -0.461 e. The van der Waals surface area contributed by atoms with Gasteiger partial charge >= 0.3 is 0 Å². The molecule has 3 aromatic heterocycles. The number of hydrogen-bond donors (Lipinski definition) is 1. The summed E-state index contributed by atoms with van der Waals surface area (Å²) in [6, 6.07) is 3.03. The number of imidazole rings is 1. The molecule has 0 aromatic carbocycles. The van der Waals surface area contributed by atoms with Gasteiger partial charge in [-0.05, 0) is 12.1 Å². The minimum atomic E-state index is -0.666. The summed E-state index contributed by atoms with van der Waals surface area (Å²) in [4.78, 5) is 28.5. The minimum absolute atomic E-state index is 0.0463. The van der Waals surface area contributed by atoms with Gasteiger partial charge in [0.1, 0.15) is 0 Å². The molecule has 0 atom stereocenters. The number of thiazole rings is 1. The molecule has 102 valence electrons. The predicted molar refractivity (Wildman–Crippen MR) is 72.8 cm³/mol. The number of carbonyl (C=O) groups excluding carboxylic acids is 2. The Labute approximate surface area is 118 Å². The number of fused-ring (bicyclic) bond motifs is 1. The average Bonchev–Trinajstić information content (AvgIpc) is 3.13. The van der Waals surface area contributed by atoms with E-state index in [1.807, 2.05) is 22.2 Å². The Morgan fingerprint density at radius 2 is 2.35 bits per heavy atom. The third kappa shape index (κ3) is 2.48. The van der Waals surface area contributed by atoms with E-state index >= 15 is 0 Å². The molecule has 1 N–H and O–H groups in total. The number of nitrogens with zero attached hydrogens (tertiary/aromatic N) is 2. The van der Waals surface area contributed by atoms with Crippen LogP contribution >= 0.6 is 11.3 Å². The summed E-state index contributed by atoms with van der Waals surface area (Å²) >= 11 is 1.55. The van der Waals surface area contributed by atoms with Crippen LogP contribution in [0, 0.1) is 0 Å². The van der Waals surface area contributed by atoms with Crippen molar-refractivity contribution in [3.8, 4) is 0 Å². The molecule has 20 heavy (non-hydrogen) atoms. The normalized spacial score (nSPS) is 10.8. The van der Waals surface area contributed by atoms with Gasteiger partial charge < -0.3 is 9.73 Å². The summed E-state index contributed by atoms with van der Waals surface area (Å²) in [5.41, 5.74) is 0.877. The van der Waals surface area contributed by atoms with Gasteiger partial charge in [-0.3, -0.25) is 14.0 Å². The first kappa shape index (κ1) is 12.6. The van der Waals surface area contributed by atoms with Crippen LogP contribution in [0.2, 0.25) is 0 Å². The third-order valence-corrected chi connectivity index (χ3v) is 3.53. The molecule has 3 heterocycles. The van der Waals surface area contributed by atoms with Crippen molar-refractivity contribution in [3.63, 3.8) is 0 Å². The summed E-state index contributed by atoms with van der Waals surface area (Å²) in [6.07, 6.45) is 5.77. The summed E-state index contributed by atoms with van der Waals surface area (Å²) in [6.45, 7) is 0.357. The molecule has 0 unspecified atom stereocenters. The van der Waals surface area contributed by atoms with Crippen molar-refractivity contribution < 1.29 is 14.0 Å². The van der Waals surface area contributed by atoms with E-state index in [2.05, 4.69) is 10.3 Å². The lowest BCUT2D eigenvalue weighted by Gasteiger charge is -2.01. The van der Waals surface area contributed by atoms with Crippen LogP contribution in [0.15, 0.2) is 40.6 Å². The smallest absolute Gasteiger partial charge is 0.295 e. The van der Waals surface area contributed by atoms with Crippen LogP contribution < -0.4 is 5.32 Å². The fourth-order valence-electron chi connectivity index (χ4n) is 1.80. The number of Topliss-reactive ketones (excluding diaryl/α,β-unsaturated/α-hetero) is 1. The average molecular weight is 289 g/mol. The Morgan fingerprint density at radius 3 is 3.10 bits per heavy atom. The molecular weight excluding hydrogens is 278 g/mol. The zero-order chi connectivity index (χ0) is 13.9. The summed E-state index contributed by atoms with van der Waals surface area (Å²) in [5, 5.41) is 4.52. The van der Waals surface area contributed by atoms with E-state index in [1.165, 1.54) is 12.3 Å². The van der Waals surface area contributed by atoms with E-state index in [0.717, 1.165) is 10.7 Å². The van der Waals surface area contributed by atoms with Crippen molar-refractivity contribution in [1.29, 1.82) is 0 Å². The molecule has 0 bridgehead atoms. The Hall–Kier alpha value is -2.41. The van der Waals surface area contributed by atoms with Crippen molar-refractivity contribution >= 4 is 28.0 Å². The maximum atomic E-state index is 11.6. The van der Waals surface area contributed by atoms with Gasteiger partial charge in [-0.15, -0.1) is 11.3 Å². The lowest BCUT2D eigenvalue weighted by atomic mass is 10.2. The lowest BCUT2D eigenvalue weighted by Crippen LogP contribution is -2.32. The summed E-state index contributed by atoms with van der Waals surface area (Å²) < 4.78 is 6.81. The van der Waals surface area contributed by atoms with E-state index in [4.69, 9.17) is 4.42 Å². The standard InChI is InChI=1S/C13H11N3O3S/c17-11(10-2-1-6-19-10)12(18)14-4-3-9-8-16-5-7-20-13(16)15-9/h1-2,5-8H,3-4H2,(H,14,18). The number of rotatable bonds is 5. The van der Waals surface area contributed by atoms with E-state index in [1.54, 1.807) is 17.4 Å². The van der Waals surface area contributed by atoms with E-state index < -0.39 is 11.7 Å². The van der Waals surface area contributed by atoms with Crippen LogP contribution in [0.4, 0.5) is 0 Å². The van der Waals surface area contributed by atoms with Gasteiger partial charge in [0.2, 0.25) is 0 Å². The predicted octanol–water partition coefficient (Wildman–Crippen LogP) is 1.53. The number of hydrogen-bond acceptors (Lipinski definition) is 5. The topological polar surface area (TPSA) is 76.6 Å². The molecule has 1 amide bonds. The maximum absolute atomic E-state index is 11.6. The first-order valence-electron chi connectivity index (χ1n) is 6.01. The molecule has 3 aromatic rings. The van der Waals surface area contributed by atoms with Crippen molar-refractivity contribution in [2.24, 2.45) is 0 Å². The first-order valence-corrected chi connectivity index (χ1v) is 6.89. The molecular formula is C13H11N3O3S. The van der Waals surface area contributed by atoms with Crippen molar-refractivity contribution in [3.05, 3.63) is 47.6 Å². The van der Waals surface area contributed by atoms with Crippen LogP contribution in [0.5, 0.6) is 0 Å². The number of aromatic nitrogens is 2. The largest absolute Gasteiger partial charge is 0.461 e. The highest BCUT2D eigenvalue weighted by atomic mass is 32.1. The van der Waals surface area contributed by atoms with Gasteiger partial charge in [0.05, 0.1) is 12.0 Å². The zero-order valence-corrected chi connectivity index (χ0v) is 11.2. The van der Waals surface area contributed by atoms with E-state index in [-0.39, 0.29) is 5.76 Å². The monoisotopic (exact) mass is 289 g/mol. The fraction of sp³-hybridized carbons (Fsp3) is 0.154. The van der Waals surface area contributed by atoms with Gasteiger partial charge in [-0.2, -0.15) is 0 Å². The molecule has 6 nitrogen and oxygen atoms in total. The number of ketones is 1. The molecule has 7 heteroatoms. The summed E-state index contributed by atoms with van der Waals surface area (Å²) in [7, 11) is 0. The molecule has 0 fully saturated rings. The first-order chi connectivity index (χ1) is 9.74. The molecule has 0 saturated carbocycles. The Bertz CT molecular complexity index is 713. The maximum Gasteiger partial charge on any atom is 0.295 e. The zero-order valence-electron chi connectivity index (χ0n) is 10.4. The lowest BCUT2D eigenvalue weighted by molar-refractivity contribution is -0.117. The van der Waals surface area contributed by atoms with Crippen LogP contribution in [0.1, 0.15) is 16.2 Å². The second-order valence-electron chi connectivity index (χ2n) is 4.14. The highest BCUT2D eigenvalue weighted by Gasteiger charge is 2.18. The Balaban J connectivity index is 1.53. The SMILES string of the molecule is O=C(NCCc1cn2ccsc2n1)C(=O)c1ccco1.